The van der Waals surface area contributed by atoms with Crippen LogP contribution in [0.5, 0.6) is 0 Å². The van der Waals surface area contributed by atoms with Gasteiger partial charge < -0.3 is 15.1 Å². The van der Waals surface area contributed by atoms with Crippen LogP contribution in [-0.4, -0.2) is 48.8 Å². The fourth-order valence-electron chi connectivity index (χ4n) is 4.13. The maximum absolute atomic E-state index is 12.6. The predicted octanol–water partition coefficient (Wildman–Crippen LogP) is 2.32. The van der Waals surface area contributed by atoms with Crippen LogP contribution in [0, 0.1) is 5.92 Å². The molecule has 2 heterocycles. The third kappa shape index (κ3) is 3.72. The molecule has 0 unspecified atom stereocenters. The highest BCUT2D eigenvalue weighted by Gasteiger charge is 2.35. The Morgan fingerprint density at radius 1 is 1.07 bits per heavy atom. The highest BCUT2D eigenvalue weighted by molar-refractivity contribution is 6.06. The lowest BCUT2D eigenvalue weighted by atomic mass is 10.1. The number of fused-ring (bicyclic) bond motifs is 1. The number of benzene rings is 2. The van der Waals surface area contributed by atoms with Gasteiger partial charge in [0.25, 0.3) is 0 Å². The predicted molar refractivity (Wildman–Crippen MR) is 108 cm³/mol. The molecular formula is C22H25N3O3. The number of amides is 3. The largest absolute Gasteiger partial charge is 0.356 e. The molecule has 0 aromatic heterocycles. The lowest BCUT2D eigenvalue weighted by Crippen LogP contribution is -2.35. The van der Waals surface area contributed by atoms with Gasteiger partial charge in [-0.3, -0.25) is 14.4 Å². The average Bonchev–Trinajstić information content (AvgIpc) is 3.30. The first-order chi connectivity index (χ1) is 13.6. The Balaban J connectivity index is 1.34. The highest BCUT2D eigenvalue weighted by atomic mass is 16.2. The van der Waals surface area contributed by atoms with Crippen LogP contribution in [0.3, 0.4) is 0 Å². The summed E-state index contributed by atoms with van der Waals surface area (Å²) < 4.78 is 0. The molecule has 2 saturated heterocycles. The van der Waals surface area contributed by atoms with Crippen LogP contribution < -0.4 is 10.2 Å². The van der Waals surface area contributed by atoms with Crippen LogP contribution in [-0.2, 0) is 14.4 Å². The molecular weight excluding hydrogens is 354 g/mol. The molecule has 2 aliphatic heterocycles. The molecule has 0 saturated carbocycles. The Morgan fingerprint density at radius 2 is 1.89 bits per heavy atom. The summed E-state index contributed by atoms with van der Waals surface area (Å²) in [6.07, 6.45) is 2.55. The lowest BCUT2D eigenvalue weighted by molar-refractivity contribution is -0.127. The Kier molecular flexibility index (Phi) is 5.28. The first kappa shape index (κ1) is 18.5. The standard InChI is InChI=1S/C22H25N3O3/c26-20-10-4-12-24(20)13-5-11-23-22(28)17-14-21(27)25(15-17)19-9-3-7-16-6-1-2-8-18(16)19/h1-3,6-9,17H,4-5,10-15H2,(H,23,28)/t17-/m1/s1. The van der Waals surface area contributed by atoms with Crippen molar-refractivity contribution in [2.45, 2.75) is 25.7 Å². The molecule has 1 atom stereocenters. The van der Waals surface area contributed by atoms with Crippen molar-refractivity contribution in [1.82, 2.24) is 10.2 Å². The molecule has 0 spiro atoms. The maximum Gasteiger partial charge on any atom is 0.227 e. The van der Waals surface area contributed by atoms with Gasteiger partial charge in [-0.25, -0.2) is 0 Å². The van der Waals surface area contributed by atoms with Crippen molar-refractivity contribution in [2.24, 2.45) is 5.92 Å². The topological polar surface area (TPSA) is 69.7 Å². The third-order valence-corrected chi connectivity index (χ3v) is 5.63. The van der Waals surface area contributed by atoms with Crippen molar-refractivity contribution in [3.63, 3.8) is 0 Å². The molecule has 2 aromatic rings. The number of anilines is 1. The van der Waals surface area contributed by atoms with Gasteiger partial charge >= 0.3 is 0 Å². The molecule has 1 N–H and O–H groups in total. The van der Waals surface area contributed by atoms with Crippen LogP contribution in [0.4, 0.5) is 5.69 Å². The van der Waals surface area contributed by atoms with Gasteiger partial charge in [-0.05, 0) is 24.3 Å². The summed E-state index contributed by atoms with van der Waals surface area (Å²) in [6, 6.07) is 13.9. The van der Waals surface area contributed by atoms with Gasteiger partial charge in [0.05, 0.1) is 11.6 Å². The lowest BCUT2D eigenvalue weighted by Gasteiger charge is -2.19. The van der Waals surface area contributed by atoms with E-state index in [9.17, 15) is 14.4 Å². The molecule has 6 heteroatoms. The van der Waals surface area contributed by atoms with Crippen LogP contribution in [0.1, 0.15) is 25.7 Å². The van der Waals surface area contributed by atoms with Crippen LogP contribution in [0.2, 0.25) is 0 Å². The summed E-state index contributed by atoms with van der Waals surface area (Å²) in [5.41, 5.74) is 0.867. The molecule has 0 bridgehead atoms. The van der Waals surface area contributed by atoms with Gasteiger partial charge in [0, 0.05) is 44.4 Å². The van der Waals surface area contributed by atoms with Gasteiger partial charge in [-0.1, -0.05) is 36.4 Å². The fraction of sp³-hybridized carbons (Fsp3) is 0.409. The summed E-state index contributed by atoms with van der Waals surface area (Å²) in [5, 5.41) is 5.04. The van der Waals surface area contributed by atoms with Crippen molar-refractivity contribution >= 4 is 34.2 Å². The Labute approximate surface area is 164 Å². The van der Waals surface area contributed by atoms with E-state index in [0.717, 1.165) is 35.8 Å². The molecule has 2 aromatic carbocycles. The van der Waals surface area contributed by atoms with Crippen molar-refractivity contribution in [3.05, 3.63) is 42.5 Å². The first-order valence-corrected chi connectivity index (χ1v) is 9.97. The number of carbonyl (C=O) groups excluding carboxylic acids is 3. The molecule has 6 nitrogen and oxygen atoms in total. The number of nitrogens with zero attached hydrogens (tertiary/aromatic N) is 2. The van der Waals surface area contributed by atoms with E-state index in [1.807, 2.05) is 47.4 Å². The van der Waals surface area contributed by atoms with E-state index in [1.54, 1.807) is 4.90 Å². The number of rotatable bonds is 6. The van der Waals surface area contributed by atoms with Crippen molar-refractivity contribution < 1.29 is 14.4 Å². The van der Waals surface area contributed by atoms with E-state index in [2.05, 4.69) is 5.32 Å². The first-order valence-electron chi connectivity index (χ1n) is 9.97. The smallest absolute Gasteiger partial charge is 0.227 e. The van der Waals surface area contributed by atoms with E-state index in [-0.39, 0.29) is 30.1 Å². The van der Waals surface area contributed by atoms with Gasteiger partial charge in [-0.2, -0.15) is 0 Å². The van der Waals surface area contributed by atoms with Crippen LogP contribution in [0.15, 0.2) is 42.5 Å². The summed E-state index contributed by atoms with van der Waals surface area (Å²) in [5.74, 6) is -0.221. The quantitative estimate of drug-likeness (QED) is 0.783. The number of hydrogen-bond acceptors (Lipinski definition) is 3. The van der Waals surface area contributed by atoms with Crippen molar-refractivity contribution in [3.8, 4) is 0 Å². The summed E-state index contributed by atoms with van der Waals surface area (Å²) in [7, 11) is 0. The summed E-state index contributed by atoms with van der Waals surface area (Å²) in [4.78, 5) is 40.3. The fourth-order valence-corrected chi connectivity index (χ4v) is 4.13. The number of likely N-dealkylation sites (tertiary alicyclic amines) is 1. The molecule has 2 aliphatic rings. The SMILES string of the molecule is O=C(NCCCN1CCCC1=O)[C@@H]1CC(=O)N(c2cccc3ccccc23)C1. The number of nitrogens with one attached hydrogen (secondary N) is 1. The van der Waals surface area contributed by atoms with Gasteiger partial charge in [0.15, 0.2) is 0 Å². The second-order valence-electron chi connectivity index (χ2n) is 7.53. The normalized spacial score (nSPS) is 19.6. The minimum Gasteiger partial charge on any atom is -0.356 e. The molecule has 0 aliphatic carbocycles. The monoisotopic (exact) mass is 379 g/mol. The maximum atomic E-state index is 12.6. The minimum atomic E-state index is -0.333. The zero-order valence-corrected chi connectivity index (χ0v) is 15.9. The van der Waals surface area contributed by atoms with Crippen molar-refractivity contribution in [1.29, 1.82) is 0 Å². The van der Waals surface area contributed by atoms with E-state index in [1.165, 1.54) is 0 Å². The summed E-state index contributed by atoms with van der Waals surface area (Å²) >= 11 is 0. The van der Waals surface area contributed by atoms with Gasteiger partial charge in [-0.15, -0.1) is 0 Å². The minimum absolute atomic E-state index is 0.0147. The molecule has 0 radical (unpaired) electrons. The molecule has 28 heavy (non-hydrogen) atoms. The number of hydrogen-bond donors (Lipinski definition) is 1. The zero-order chi connectivity index (χ0) is 19.5. The van der Waals surface area contributed by atoms with E-state index >= 15 is 0 Å². The van der Waals surface area contributed by atoms with Crippen LogP contribution in [0.25, 0.3) is 10.8 Å². The van der Waals surface area contributed by atoms with E-state index in [0.29, 0.717) is 26.1 Å². The van der Waals surface area contributed by atoms with Gasteiger partial charge in [0.2, 0.25) is 17.7 Å². The van der Waals surface area contributed by atoms with Crippen LogP contribution >= 0.6 is 0 Å². The average molecular weight is 379 g/mol. The Morgan fingerprint density at radius 3 is 2.71 bits per heavy atom. The molecule has 3 amide bonds. The van der Waals surface area contributed by atoms with E-state index in [4.69, 9.17) is 0 Å². The summed E-state index contributed by atoms with van der Waals surface area (Å²) in [6.45, 7) is 2.44. The third-order valence-electron chi connectivity index (χ3n) is 5.63. The van der Waals surface area contributed by atoms with Gasteiger partial charge in [0.1, 0.15) is 0 Å². The Bertz CT molecular complexity index is 906. The second-order valence-corrected chi connectivity index (χ2v) is 7.53. The number of carbonyl (C=O) groups is 3. The molecule has 2 fully saturated rings. The Hall–Kier alpha value is -2.89. The molecule has 146 valence electrons. The zero-order valence-electron chi connectivity index (χ0n) is 15.9. The second kappa shape index (κ2) is 8.00. The van der Waals surface area contributed by atoms with Crippen molar-refractivity contribution in [2.75, 3.05) is 31.1 Å². The van der Waals surface area contributed by atoms with E-state index < -0.39 is 0 Å². The highest BCUT2D eigenvalue weighted by Crippen LogP contribution is 2.31. The molecule has 4 rings (SSSR count).